The molecule has 1 aromatic heterocycles. The Morgan fingerprint density at radius 1 is 1.44 bits per heavy atom. The van der Waals surface area contributed by atoms with Crippen LogP contribution in [0.2, 0.25) is 0 Å². The van der Waals surface area contributed by atoms with E-state index in [4.69, 9.17) is 17.0 Å². The molecule has 1 N–H and O–H groups in total. The van der Waals surface area contributed by atoms with Crippen LogP contribution in [0.25, 0.3) is 0 Å². The van der Waals surface area contributed by atoms with E-state index in [-0.39, 0.29) is 11.2 Å². The highest BCUT2D eigenvalue weighted by Crippen LogP contribution is 2.23. The number of ether oxygens (including phenoxy) is 1. The van der Waals surface area contributed by atoms with Crippen molar-refractivity contribution < 1.29 is 9.53 Å². The lowest BCUT2D eigenvalue weighted by atomic mass is 10.2. The number of thioether (sulfide) groups is 1. The number of methoxy groups -OCH3 is 1. The monoisotopic (exact) mass is 396 g/mol. The van der Waals surface area contributed by atoms with Gasteiger partial charge >= 0.3 is 5.97 Å². The van der Waals surface area contributed by atoms with Crippen LogP contribution in [0.5, 0.6) is 0 Å². The molecule has 2 heterocycles. The number of carbonyl (C=O) groups is 1. The number of aryl methyl sites for hydroxylation is 1. The van der Waals surface area contributed by atoms with Gasteiger partial charge in [-0.15, -0.1) is 16.9 Å². The highest BCUT2D eigenvalue weighted by Gasteiger charge is 2.27. The molecule has 0 unspecified atom stereocenters. The summed E-state index contributed by atoms with van der Waals surface area (Å²) >= 11 is 8.52. The van der Waals surface area contributed by atoms with Crippen molar-refractivity contribution in [2.24, 2.45) is 0 Å². The summed E-state index contributed by atoms with van der Waals surface area (Å²) < 4.78 is 7.37. The minimum absolute atomic E-state index is 0.142. The first kappa shape index (κ1) is 18.4. The molecule has 2 aromatic rings. The van der Waals surface area contributed by atoms with Crippen molar-refractivity contribution in [1.29, 1.82) is 0 Å². The average molecular weight is 397 g/mol. The number of hydrogen-bond donors (Lipinski definition) is 1. The molecule has 1 fully saturated rings. The van der Waals surface area contributed by atoms with E-state index in [9.17, 15) is 4.79 Å². The Morgan fingerprint density at radius 2 is 2.20 bits per heavy atom. The number of benzene rings is 1. The Bertz CT molecular complexity index is 787. The Balaban J connectivity index is 1.65. The third-order valence-electron chi connectivity index (χ3n) is 3.86. The molecule has 0 aliphatic carbocycles. The SMILES string of the molecule is COC(=O)[C@@H]1CN(Cn2nc(Nc3ccc(C)cc3)sc2=S)CCS1. The fourth-order valence-corrected chi connectivity index (χ4v) is 4.71. The van der Waals surface area contributed by atoms with Crippen LogP contribution < -0.4 is 5.32 Å². The standard InChI is InChI=1S/C16H20N4O2S3/c1-11-3-5-12(6-4-11)17-15-18-20(16(23)25-15)10-19-7-8-24-13(9-19)14(21)22-2/h3-6,13H,7-10H2,1-2H3,(H,17,18)/t13-/m0/s1. The van der Waals surface area contributed by atoms with E-state index in [0.29, 0.717) is 17.2 Å². The molecule has 0 radical (unpaired) electrons. The quantitative estimate of drug-likeness (QED) is 0.615. The maximum Gasteiger partial charge on any atom is 0.320 e. The number of esters is 1. The number of anilines is 2. The summed E-state index contributed by atoms with van der Waals surface area (Å²) in [6, 6.07) is 8.15. The first-order chi connectivity index (χ1) is 12.0. The van der Waals surface area contributed by atoms with Crippen LogP contribution in [0.1, 0.15) is 5.56 Å². The normalized spacial score (nSPS) is 18.1. The summed E-state index contributed by atoms with van der Waals surface area (Å²) in [5.41, 5.74) is 2.20. The maximum absolute atomic E-state index is 11.7. The van der Waals surface area contributed by atoms with Gasteiger partial charge in [0.15, 0.2) is 3.95 Å². The fourth-order valence-electron chi connectivity index (χ4n) is 2.50. The number of nitrogens with zero attached hydrogens (tertiary/aromatic N) is 3. The van der Waals surface area contributed by atoms with Crippen molar-refractivity contribution in [3.63, 3.8) is 0 Å². The first-order valence-corrected chi connectivity index (χ1v) is 10.2. The van der Waals surface area contributed by atoms with Gasteiger partial charge in [0.2, 0.25) is 5.13 Å². The third-order valence-corrected chi connectivity index (χ3v) is 6.24. The summed E-state index contributed by atoms with van der Waals surface area (Å²) in [5.74, 6) is 0.726. The second-order valence-electron chi connectivity index (χ2n) is 5.76. The molecule has 0 amide bonds. The molecular weight excluding hydrogens is 376 g/mol. The van der Waals surface area contributed by atoms with E-state index in [1.807, 2.05) is 12.1 Å². The summed E-state index contributed by atoms with van der Waals surface area (Å²) in [6.07, 6.45) is 0. The van der Waals surface area contributed by atoms with E-state index < -0.39 is 0 Å². The van der Waals surface area contributed by atoms with Crippen molar-refractivity contribution in [3.8, 4) is 0 Å². The molecule has 9 heteroatoms. The van der Waals surface area contributed by atoms with Gasteiger partial charge in [-0.2, -0.15) is 0 Å². The van der Waals surface area contributed by atoms with Gasteiger partial charge in [-0.3, -0.25) is 9.69 Å². The molecule has 1 aliphatic rings. The molecule has 3 rings (SSSR count). The van der Waals surface area contributed by atoms with E-state index in [1.165, 1.54) is 24.0 Å². The Labute approximate surface area is 160 Å². The molecule has 0 saturated carbocycles. The second-order valence-corrected chi connectivity index (χ2v) is 8.70. The summed E-state index contributed by atoms with van der Waals surface area (Å²) in [4.78, 5) is 13.9. The van der Waals surface area contributed by atoms with Gasteiger partial charge in [0.05, 0.1) is 13.8 Å². The lowest BCUT2D eigenvalue weighted by molar-refractivity contribution is -0.140. The molecule has 0 bridgehead atoms. The molecule has 1 aliphatic heterocycles. The van der Waals surface area contributed by atoms with Gasteiger partial charge in [0.1, 0.15) is 5.25 Å². The van der Waals surface area contributed by atoms with Crippen molar-refractivity contribution in [2.75, 3.05) is 31.3 Å². The Kier molecular flexibility index (Phi) is 6.10. The fraction of sp³-hybridized carbons (Fsp3) is 0.438. The predicted molar refractivity (Wildman–Crippen MR) is 105 cm³/mol. The maximum atomic E-state index is 11.7. The van der Waals surface area contributed by atoms with E-state index >= 15 is 0 Å². The number of nitrogens with one attached hydrogen (secondary N) is 1. The van der Waals surface area contributed by atoms with Gasteiger partial charge in [-0.05, 0) is 31.3 Å². The van der Waals surface area contributed by atoms with Gasteiger partial charge in [0.25, 0.3) is 0 Å². The number of carbonyl (C=O) groups excluding carboxylic acids is 1. The van der Waals surface area contributed by atoms with Crippen LogP contribution in [0, 0.1) is 10.9 Å². The lowest BCUT2D eigenvalue weighted by Gasteiger charge is -2.30. The third kappa shape index (κ3) is 4.81. The molecule has 1 aromatic carbocycles. The smallest absolute Gasteiger partial charge is 0.320 e. The molecule has 25 heavy (non-hydrogen) atoms. The number of rotatable bonds is 5. The minimum atomic E-state index is -0.168. The zero-order chi connectivity index (χ0) is 17.8. The van der Waals surface area contributed by atoms with Crippen LogP contribution >= 0.6 is 35.3 Å². The molecule has 1 saturated heterocycles. The van der Waals surface area contributed by atoms with Crippen molar-refractivity contribution in [2.45, 2.75) is 18.8 Å². The van der Waals surface area contributed by atoms with Gasteiger partial charge in [0, 0.05) is 24.5 Å². The summed E-state index contributed by atoms with van der Waals surface area (Å²) in [7, 11) is 1.43. The second kappa shape index (κ2) is 8.31. The average Bonchev–Trinajstić information content (AvgIpc) is 2.95. The largest absolute Gasteiger partial charge is 0.468 e. The number of aromatic nitrogens is 2. The van der Waals surface area contributed by atoms with Gasteiger partial charge < -0.3 is 10.1 Å². The van der Waals surface area contributed by atoms with Crippen LogP contribution in [-0.2, 0) is 16.2 Å². The zero-order valence-corrected chi connectivity index (χ0v) is 16.5. The molecule has 6 nitrogen and oxygen atoms in total. The highest BCUT2D eigenvalue weighted by atomic mass is 32.2. The van der Waals surface area contributed by atoms with Crippen LogP contribution in [0.3, 0.4) is 0 Å². The van der Waals surface area contributed by atoms with Gasteiger partial charge in [-0.25, -0.2) is 4.68 Å². The van der Waals surface area contributed by atoms with Crippen LogP contribution in [-0.4, -0.2) is 51.9 Å². The van der Waals surface area contributed by atoms with Gasteiger partial charge in [-0.1, -0.05) is 29.0 Å². The first-order valence-electron chi connectivity index (χ1n) is 7.88. The molecule has 134 valence electrons. The molecular formula is C16H20N4O2S3. The summed E-state index contributed by atoms with van der Waals surface area (Å²) in [6.45, 7) is 4.19. The summed E-state index contributed by atoms with van der Waals surface area (Å²) in [5, 5.41) is 8.48. The topological polar surface area (TPSA) is 59.4 Å². The van der Waals surface area contributed by atoms with Crippen molar-refractivity contribution >= 4 is 52.1 Å². The van der Waals surface area contributed by atoms with E-state index in [2.05, 4.69) is 34.4 Å². The molecule has 0 spiro atoms. The number of hydrogen-bond acceptors (Lipinski definition) is 8. The predicted octanol–water partition coefficient (Wildman–Crippen LogP) is 3.27. The van der Waals surface area contributed by atoms with Crippen molar-refractivity contribution in [1.82, 2.24) is 14.7 Å². The highest BCUT2D eigenvalue weighted by molar-refractivity contribution is 8.00. The zero-order valence-electron chi connectivity index (χ0n) is 14.1. The van der Waals surface area contributed by atoms with Crippen molar-refractivity contribution in [3.05, 3.63) is 33.8 Å². The Hall–Kier alpha value is -1.42. The van der Waals surface area contributed by atoms with E-state index in [0.717, 1.165) is 23.1 Å². The van der Waals surface area contributed by atoms with E-state index in [1.54, 1.807) is 16.4 Å². The van der Waals surface area contributed by atoms with Crippen LogP contribution in [0.4, 0.5) is 10.8 Å². The molecule has 1 atom stereocenters. The Morgan fingerprint density at radius 3 is 2.92 bits per heavy atom. The van der Waals surface area contributed by atoms with Crippen LogP contribution in [0.15, 0.2) is 24.3 Å². The lowest BCUT2D eigenvalue weighted by Crippen LogP contribution is -2.42. The minimum Gasteiger partial charge on any atom is -0.468 e.